The third kappa shape index (κ3) is 5.43. The fourth-order valence-electron chi connectivity index (χ4n) is 3.62. The van der Waals surface area contributed by atoms with Crippen LogP contribution in [0.15, 0.2) is 0 Å². The maximum absolute atomic E-state index is 12.5. The van der Waals surface area contributed by atoms with Crippen LogP contribution in [0, 0.1) is 11.8 Å². The Morgan fingerprint density at radius 2 is 1.96 bits per heavy atom. The molecular weight excluding hydrogens is 348 g/mol. The Morgan fingerprint density at radius 3 is 2.64 bits per heavy atom. The third-order valence-electron chi connectivity index (χ3n) is 5.02. The Labute approximate surface area is 151 Å². The van der Waals surface area contributed by atoms with Crippen molar-refractivity contribution in [3.05, 3.63) is 0 Å². The van der Waals surface area contributed by atoms with E-state index in [4.69, 9.17) is 9.84 Å². The number of aliphatic carboxylic acids is 1. The number of carboxylic acid groups (broad SMARTS) is 1. The lowest BCUT2D eigenvalue weighted by Crippen LogP contribution is -2.47. The van der Waals surface area contributed by atoms with Crippen LogP contribution in [0.1, 0.15) is 45.4 Å². The van der Waals surface area contributed by atoms with E-state index in [0.717, 1.165) is 31.0 Å². The summed E-state index contributed by atoms with van der Waals surface area (Å²) in [4.78, 5) is 35.4. The molecule has 3 N–H and O–H groups in total. The summed E-state index contributed by atoms with van der Waals surface area (Å²) in [5.74, 6) is -2.73. The van der Waals surface area contributed by atoms with E-state index in [-0.39, 0.29) is 36.4 Å². The molecule has 8 heteroatoms. The highest BCUT2D eigenvalue weighted by molar-refractivity contribution is 8.00. The van der Waals surface area contributed by atoms with Gasteiger partial charge in [-0.05, 0) is 26.2 Å². The maximum Gasteiger partial charge on any atom is 0.333 e. The van der Waals surface area contributed by atoms with Gasteiger partial charge in [0.05, 0.1) is 18.6 Å². The first-order valence-corrected chi connectivity index (χ1v) is 9.77. The second-order valence-corrected chi connectivity index (χ2v) is 8.22. The monoisotopic (exact) mass is 374 g/mol. The molecule has 0 amide bonds. The van der Waals surface area contributed by atoms with Gasteiger partial charge in [-0.2, -0.15) is 11.8 Å². The molecule has 0 aromatic heterocycles. The number of esters is 1. The molecule has 0 radical (unpaired) electrons. The molecule has 1 aliphatic heterocycles. The van der Waals surface area contributed by atoms with Gasteiger partial charge in [0.2, 0.25) is 0 Å². The van der Waals surface area contributed by atoms with E-state index in [2.05, 4.69) is 0 Å². The minimum absolute atomic E-state index is 0.000892. The lowest BCUT2D eigenvalue weighted by Gasteiger charge is -2.39. The first-order chi connectivity index (χ1) is 11.8. The summed E-state index contributed by atoms with van der Waals surface area (Å²) in [6.45, 7) is 1.84. The number of ether oxygens (including phenoxy) is 1. The molecule has 142 valence electrons. The summed E-state index contributed by atoms with van der Waals surface area (Å²) in [5, 5.41) is 28.3. The number of aliphatic hydroxyl groups excluding tert-OH is 2. The highest BCUT2D eigenvalue weighted by atomic mass is 32.2. The molecule has 2 aliphatic rings. The van der Waals surface area contributed by atoms with Crippen LogP contribution in [0.25, 0.3) is 0 Å². The standard InChI is InChI=1S/C17H26O7S/c1-9-4-2-3-5-10-11(6-15(20)24-9)16(21)14(7-12(10)18)25-8-13(19)17(22)23/h9-11,13-14,16,19,21H,2-8H2,1H3,(H,22,23)/t9-,10-,11+,13-,14+,16-/m0/s1. The minimum Gasteiger partial charge on any atom is -0.479 e. The number of aliphatic hydroxyl groups is 2. The molecule has 1 saturated carbocycles. The first kappa shape index (κ1) is 20.2. The molecule has 1 aliphatic carbocycles. The van der Waals surface area contributed by atoms with Gasteiger partial charge in [0, 0.05) is 29.3 Å². The summed E-state index contributed by atoms with van der Waals surface area (Å²) >= 11 is 1.07. The molecule has 0 unspecified atom stereocenters. The van der Waals surface area contributed by atoms with Gasteiger partial charge in [-0.25, -0.2) is 4.79 Å². The smallest absolute Gasteiger partial charge is 0.333 e. The lowest BCUT2D eigenvalue weighted by atomic mass is 9.72. The molecule has 1 saturated heterocycles. The molecule has 1 heterocycles. The second kappa shape index (κ2) is 9.00. The number of carboxylic acids is 1. The summed E-state index contributed by atoms with van der Waals surface area (Å²) in [7, 11) is 0. The SMILES string of the molecule is C[C@H]1CCCC[C@@H]2C(=O)C[C@@H](SC[C@H](O)C(=O)O)[C@@H](O)[C@@H]2CC(=O)O1. The van der Waals surface area contributed by atoms with Crippen LogP contribution in [-0.4, -0.2) is 62.4 Å². The Morgan fingerprint density at radius 1 is 1.28 bits per heavy atom. The minimum atomic E-state index is -1.54. The van der Waals surface area contributed by atoms with E-state index in [1.807, 2.05) is 6.92 Å². The van der Waals surface area contributed by atoms with Crippen LogP contribution < -0.4 is 0 Å². The zero-order chi connectivity index (χ0) is 18.6. The molecule has 25 heavy (non-hydrogen) atoms. The van der Waals surface area contributed by atoms with Crippen LogP contribution in [0.3, 0.4) is 0 Å². The van der Waals surface area contributed by atoms with Crippen molar-refractivity contribution >= 4 is 29.5 Å². The predicted molar refractivity (Wildman–Crippen MR) is 91.1 cm³/mol. The van der Waals surface area contributed by atoms with E-state index in [1.54, 1.807) is 0 Å². The largest absolute Gasteiger partial charge is 0.479 e. The van der Waals surface area contributed by atoms with Crippen molar-refractivity contribution < 1.29 is 34.4 Å². The van der Waals surface area contributed by atoms with Crippen molar-refractivity contribution in [1.82, 2.24) is 0 Å². The van der Waals surface area contributed by atoms with Gasteiger partial charge in [0.25, 0.3) is 0 Å². The average molecular weight is 374 g/mol. The summed E-state index contributed by atoms with van der Waals surface area (Å²) in [5.41, 5.74) is 0. The zero-order valence-corrected chi connectivity index (χ0v) is 15.1. The Hall–Kier alpha value is -1.12. The van der Waals surface area contributed by atoms with Crippen molar-refractivity contribution in [3.63, 3.8) is 0 Å². The molecule has 2 rings (SSSR count). The van der Waals surface area contributed by atoms with Gasteiger partial charge in [0.1, 0.15) is 5.78 Å². The molecule has 0 spiro atoms. The van der Waals surface area contributed by atoms with Crippen molar-refractivity contribution in [3.8, 4) is 0 Å². The number of Topliss-reactive ketones (excluding diaryl/α,β-unsaturated/α-hetero) is 1. The van der Waals surface area contributed by atoms with Gasteiger partial charge in [-0.15, -0.1) is 0 Å². The van der Waals surface area contributed by atoms with Crippen molar-refractivity contribution in [2.45, 2.75) is 69.0 Å². The Bertz CT molecular complexity index is 509. The molecule has 0 aromatic rings. The fraction of sp³-hybridized carbons (Fsp3) is 0.824. The lowest BCUT2D eigenvalue weighted by molar-refractivity contribution is -0.153. The van der Waals surface area contributed by atoms with Gasteiger partial charge in [0.15, 0.2) is 6.10 Å². The number of carbonyl (C=O) groups excluding carboxylic acids is 2. The van der Waals surface area contributed by atoms with Crippen molar-refractivity contribution in [1.29, 1.82) is 0 Å². The van der Waals surface area contributed by atoms with Crippen LogP contribution in [-0.2, 0) is 19.1 Å². The number of ketones is 1. The molecule has 6 atom stereocenters. The third-order valence-corrected chi connectivity index (χ3v) is 6.40. The first-order valence-electron chi connectivity index (χ1n) is 8.72. The van der Waals surface area contributed by atoms with E-state index >= 15 is 0 Å². The highest BCUT2D eigenvalue weighted by Gasteiger charge is 2.44. The Kier molecular flexibility index (Phi) is 7.27. The Balaban J connectivity index is 2.08. The number of thioether (sulfide) groups is 1. The summed E-state index contributed by atoms with van der Waals surface area (Å²) < 4.78 is 5.34. The van der Waals surface area contributed by atoms with Gasteiger partial charge in [-0.3, -0.25) is 9.59 Å². The van der Waals surface area contributed by atoms with E-state index in [1.165, 1.54) is 0 Å². The topological polar surface area (TPSA) is 121 Å². The number of hydrogen-bond acceptors (Lipinski definition) is 7. The van der Waals surface area contributed by atoms with E-state index in [0.29, 0.717) is 6.42 Å². The zero-order valence-electron chi connectivity index (χ0n) is 14.3. The van der Waals surface area contributed by atoms with Crippen LogP contribution in [0.2, 0.25) is 0 Å². The molecule has 2 fully saturated rings. The van der Waals surface area contributed by atoms with Crippen LogP contribution in [0.5, 0.6) is 0 Å². The molecule has 7 nitrogen and oxygen atoms in total. The molecular formula is C17H26O7S. The van der Waals surface area contributed by atoms with E-state index in [9.17, 15) is 24.6 Å². The van der Waals surface area contributed by atoms with Crippen molar-refractivity contribution in [2.75, 3.05) is 5.75 Å². The highest BCUT2D eigenvalue weighted by Crippen LogP contribution is 2.39. The summed E-state index contributed by atoms with van der Waals surface area (Å²) in [6.07, 6.45) is 0.625. The second-order valence-electron chi connectivity index (χ2n) is 6.95. The number of hydrogen-bond donors (Lipinski definition) is 3. The van der Waals surface area contributed by atoms with Crippen molar-refractivity contribution in [2.24, 2.45) is 11.8 Å². The predicted octanol–water partition coefficient (Wildman–Crippen LogP) is 0.996. The summed E-state index contributed by atoms with van der Waals surface area (Å²) in [6, 6.07) is 0. The molecule has 0 aromatic carbocycles. The number of carbonyl (C=O) groups is 3. The normalized spacial score (nSPS) is 35.4. The average Bonchev–Trinajstić information content (AvgIpc) is 2.54. The van der Waals surface area contributed by atoms with Crippen LogP contribution in [0.4, 0.5) is 0 Å². The van der Waals surface area contributed by atoms with Gasteiger partial charge >= 0.3 is 11.9 Å². The number of fused-ring (bicyclic) bond motifs is 1. The van der Waals surface area contributed by atoms with Crippen LogP contribution >= 0.6 is 11.8 Å². The number of rotatable bonds is 4. The van der Waals surface area contributed by atoms with Gasteiger partial charge in [-0.1, -0.05) is 6.42 Å². The van der Waals surface area contributed by atoms with Gasteiger partial charge < -0.3 is 20.1 Å². The molecule has 0 bridgehead atoms. The number of cyclic esters (lactones) is 1. The van der Waals surface area contributed by atoms with E-state index < -0.39 is 35.3 Å². The quantitative estimate of drug-likeness (QED) is 0.623. The fourth-order valence-corrected chi connectivity index (χ4v) is 4.88. The maximum atomic E-state index is 12.5.